The molecule has 202 valence electrons. The van der Waals surface area contributed by atoms with Crippen LogP contribution < -0.4 is 24.4 Å². The van der Waals surface area contributed by atoms with Crippen LogP contribution in [0.5, 0.6) is 17.4 Å². The van der Waals surface area contributed by atoms with Crippen LogP contribution in [0.4, 0.5) is 18.9 Å². The van der Waals surface area contributed by atoms with E-state index in [2.05, 4.69) is 20.1 Å². The largest absolute Gasteiger partial charge is 0.573 e. The Bertz CT molecular complexity index is 1340. The van der Waals surface area contributed by atoms with Gasteiger partial charge < -0.3 is 24.4 Å². The van der Waals surface area contributed by atoms with Crippen molar-refractivity contribution in [1.29, 1.82) is 0 Å². The fraction of sp³-hybridized carbons (Fsp3) is 0.360. The van der Waals surface area contributed by atoms with E-state index >= 15 is 0 Å². The number of carbonyl (C=O) groups is 2. The zero-order chi connectivity index (χ0) is 27.6. The van der Waals surface area contributed by atoms with Crippen LogP contribution in [-0.2, 0) is 0 Å². The topological polar surface area (TPSA) is 108 Å². The molecule has 2 aromatic heterocycles. The van der Waals surface area contributed by atoms with Gasteiger partial charge in [-0.15, -0.1) is 13.2 Å². The van der Waals surface area contributed by atoms with Crippen LogP contribution in [0.15, 0.2) is 42.7 Å². The molecule has 3 aromatic rings. The van der Waals surface area contributed by atoms with Crippen molar-refractivity contribution in [1.82, 2.24) is 20.1 Å². The maximum atomic E-state index is 13.5. The number of carbonyl (C=O) groups excluding carboxylic acids is 2. The number of pyridine rings is 1. The number of aromatic nitrogens is 3. The Labute approximate surface area is 216 Å². The van der Waals surface area contributed by atoms with Crippen molar-refractivity contribution < 1.29 is 37.0 Å². The van der Waals surface area contributed by atoms with Gasteiger partial charge in [-0.05, 0) is 32.4 Å². The smallest absolute Gasteiger partial charge is 0.491 e. The second-order valence-corrected chi connectivity index (χ2v) is 8.70. The molecule has 4 rings (SSSR count). The zero-order valence-corrected chi connectivity index (χ0v) is 21.1. The van der Waals surface area contributed by atoms with E-state index in [1.807, 2.05) is 13.8 Å². The predicted octanol–water partition coefficient (Wildman–Crippen LogP) is 4.30. The van der Waals surface area contributed by atoms with Gasteiger partial charge in [0.05, 0.1) is 49.0 Å². The Morgan fingerprint density at radius 3 is 2.50 bits per heavy atom. The van der Waals surface area contributed by atoms with E-state index in [1.54, 1.807) is 4.68 Å². The first-order chi connectivity index (χ1) is 18.0. The Kier molecular flexibility index (Phi) is 7.46. The number of amides is 2. The van der Waals surface area contributed by atoms with E-state index in [0.29, 0.717) is 17.1 Å². The van der Waals surface area contributed by atoms with Gasteiger partial charge in [0.15, 0.2) is 5.75 Å². The molecule has 0 radical (unpaired) electrons. The average Bonchev–Trinajstić information content (AvgIpc) is 3.33. The van der Waals surface area contributed by atoms with E-state index in [9.17, 15) is 22.8 Å². The lowest BCUT2D eigenvalue weighted by Gasteiger charge is -2.33. The summed E-state index contributed by atoms with van der Waals surface area (Å²) in [5.41, 5.74) is 1.01. The summed E-state index contributed by atoms with van der Waals surface area (Å²) < 4.78 is 54.7. The summed E-state index contributed by atoms with van der Waals surface area (Å²) in [6.45, 7) is 3.98. The third-order valence-electron chi connectivity index (χ3n) is 5.95. The van der Waals surface area contributed by atoms with Crippen molar-refractivity contribution in [3.05, 3.63) is 59.5 Å². The number of methoxy groups -OCH3 is 2. The molecule has 0 fully saturated rings. The Balaban J connectivity index is 1.65. The van der Waals surface area contributed by atoms with Gasteiger partial charge in [0, 0.05) is 24.8 Å². The van der Waals surface area contributed by atoms with E-state index in [-0.39, 0.29) is 41.9 Å². The highest BCUT2D eigenvalue weighted by atomic mass is 19.4. The van der Waals surface area contributed by atoms with Crippen molar-refractivity contribution in [2.45, 2.75) is 38.7 Å². The highest BCUT2D eigenvalue weighted by Gasteiger charge is 2.36. The van der Waals surface area contributed by atoms with Gasteiger partial charge in [0.1, 0.15) is 5.75 Å². The molecular weight excluding hydrogens is 507 g/mol. The first-order valence-electron chi connectivity index (χ1n) is 11.7. The molecule has 1 atom stereocenters. The fourth-order valence-corrected chi connectivity index (χ4v) is 4.30. The first kappa shape index (κ1) is 26.8. The van der Waals surface area contributed by atoms with E-state index in [0.717, 1.165) is 6.07 Å². The molecule has 0 aliphatic carbocycles. The van der Waals surface area contributed by atoms with Gasteiger partial charge in [0.2, 0.25) is 0 Å². The van der Waals surface area contributed by atoms with Gasteiger partial charge in [0.25, 0.3) is 17.7 Å². The maximum Gasteiger partial charge on any atom is 0.573 e. The molecule has 0 saturated carbocycles. The van der Waals surface area contributed by atoms with E-state index in [1.165, 1.54) is 55.8 Å². The van der Waals surface area contributed by atoms with Crippen molar-refractivity contribution >= 4 is 17.5 Å². The van der Waals surface area contributed by atoms with Crippen LogP contribution in [0.2, 0.25) is 0 Å². The van der Waals surface area contributed by atoms with Crippen LogP contribution in [0.25, 0.3) is 0 Å². The zero-order valence-electron chi connectivity index (χ0n) is 21.1. The third kappa shape index (κ3) is 5.36. The number of hydrogen-bond donors (Lipinski definition) is 1. The van der Waals surface area contributed by atoms with Crippen molar-refractivity contribution in [3.63, 3.8) is 0 Å². The molecule has 3 heterocycles. The predicted molar refractivity (Wildman–Crippen MR) is 130 cm³/mol. The number of hydrogen-bond acceptors (Lipinski definition) is 7. The Hall–Kier alpha value is -4.29. The standard InChI is InChI=1S/C25H26F3N5O5/c1-14(2)33-21-17(31-22(34)16-7-5-6-8-19(16)38-25(26,27)28)9-10-32(18(21)13-30-33)24(35)15-11-20(36-3)23(37-4)29-12-15/h5-8,11-14,17H,9-10H2,1-4H3,(H,31,34)/t17-/m1/s1. The van der Waals surface area contributed by atoms with Crippen molar-refractivity contribution in [3.8, 4) is 17.4 Å². The summed E-state index contributed by atoms with van der Waals surface area (Å²) >= 11 is 0. The number of alkyl halides is 3. The lowest BCUT2D eigenvalue weighted by molar-refractivity contribution is -0.274. The molecule has 2 amide bonds. The quantitative estimate of drug-likeness (QED) is 0.483. The fourth-order valence-electron chi connectivity index (χ4n) is 4.30. The second-order valence-electron chi connectivity index (χ2n) is 8.70. The van der Waals surface area contributed by atoms with Crippen LogP contribution in [0, 0.1) is 0 Å². The number of halogens is 3. The maximum absolute atomic E-state index is 13.5. The normalized spacial score (nSPS) is 15.2. The van der Waals surface area contributed by atoms with Gasteiger partial charge >= 0.3 is 6.36 Å². The Morgan fingerprint density at radius 2 is 1.84 bits per heavy atom. The molecule has 13 heteroatoms. The molecule has 1 aliphatic heterocycles. The highest BCUT2D eigenvalue weighted by molar-refractivity contribution is 6.07. The molecule has 0 unspecified atom stereocenters. The number of ether oxygens (including phenoxy) is 3. The highest BCUT2D eigenvalue weighted by Crippen LogP contribution is 2.37. The Morgan fingerprint density at radius 1 is 1.11 bits per heavy atom. The van der Waals surface area contributed by atoms with Crippen LogP contribution in [0.3, 0.4) is 0 Å². The SMILES string of the molecule is COc1cc(C(=O)N2CC[C@@H](NC(=O)c3ccccc3OC(F)(F)F)c3c2cnn3C(C)C)cnc1OC. The van der Waals surface area contributed by atoms with Gasteiger partial charge in [-0.1, -0.05) is 12.1 Å². The molecule has 0 spiro atoms. The summed E-state index contributed by atoms with van der Waals surface area (Å²) in [4.78, 5) is 32.2. The minimum atomic E-state index is -4.95. The number of anilines is 1. The molecule has 10 nitrogen and oxygen atoms in total. The summed E-state index contributed by atoms with van der Waals surface area (Å²) in [7, 11) is 2.87. The molecule has 0 bridgehead atoms. The molecule has 1 aliphatic rings. The van der Waals surface area contributed by atoms with Crippen LogP contribution in [-0.4, -0.2) is 53.7 Å². The van der Waals surface area contributed by atoms with E-state index < -0.39 is 24.1 Å². The number of fused-ring (bicyclic) bond motifs is 1. The monoisotopic (exact) mass is 533 g/mol. The lowest BCUT2D eigenvalue weighted by atomic mass is 10.0. The van der Waals surface area contributed by atoms with E-state index in [4.69, 9.17) is 9.47 Å². The van der Waals surface area contributed by atoms with Crippen molar-refractivity contribution in [2.24, 2.45) is 0 Å². The molecule has 38 heavy (non-hydrogen) atoms. The number of nitrogens with one attached hydrogen (secondary N) is 1. The number of nitrogens with zero attached hydrogens (tertiary/aromatic N) is 4. The minimum absolute atomic E-state index is 0.128. The van der Waals surface area contributed by atoms with Crippen LogP contribution in [0.1, 0.15) is 58.8 Å². The summed E-state index contributed by atoms with van der Waals surface area (Å²) in [6, 6.07) is 5.87. The number of benzene rings is 1. The van der Waals surface area contributed by atoms with Gasteiger partial charge in [-0.3, -0.25) is 14.3 Å². The summed E-state index contributed by atoms with van der Waals surface area (Å²) in [5.74, 6) is -1.20. The summed E-state index contributed by atoms with van der Waals surface area (Å²) in [5, 5.41) is 7.22. The average molecular weight is 534 g/mol. The molecule has 0 saturated heterocycles. The third-order valence-corrected chi connectivity index (χ3v) is 5.95. The van der Waals surface area contributed by atoms with Crippen LogP contribution >= 0.6 is 0 Å². The molecular formula is C25H26F3N5O5. The minimum Gasteiger partial charge on any atom is -0.491 e. The van der Waals surface area contributed by atoms with Crippen molar-refractivity contribution in [2.75, 3.05) is 25.7 Å². The summed E-state index contributed by atoms with van der Waals surface area (Å²) in [6.07, 6.45) is -1.77. The second kappa shape index (κ2) is 10.6. The van der Waals surface area contributed by atoms with Gasteiger partial charge in [-0.25, -0.2) is 4.98 Å². The number of para-hydroxylation sites is 1. The van der Waals surface area contributed by atoms with Gasteiger partial charge in [-0.2, -0.15) is 5.10 Å². The first-order valence-corrected chi connectivity index (χ1v) is 11.7. The number of rotatable bonds is 7. The molecule has 1 aromatic carbocycles. The lowest BCUT2D eigenvalue weighted by Crippen LogP contribution is -2.42. The molecule has 1 N–H and O–H groups in total.